The molecule has 5 heteroatoms. The van der Waals surface area contributed by atoms with Gasteiger partial charge in [0.15, 0.2) is 0 Å². The van der Waals surface area contributed by atoms with E-state index in [9.17, 15) is 5.11 Å². The van der Waals surface area contributed by atoms with Gasteiger partial charge in [-0.15, -0.1) is 0 Å². The second-order valence-electron chi connectivity index (χ2n) is 7.24. The summed E-state index contributed by atoms with van der Waals surface area (Å²) in [6, 6.07) is 8.07. The number of methoxy groups -OCH3 is 1. The Morgan fingerprint density at radius 3 is 2.88 bits per heavy atom. The molecule has 0 amide bonds. The van der Waals surface area contributed by atoms with Crippen molar-refractivity contribution >= 4 is 10.9 Å². The molecule has 3 aliphatic heterocycles. The molecule has 3 saturated heterocycles. The molecule has 0 aliphatic carbocycles. The Bertz CT molecular complexity index is 739. The second-order valence-corrected chi connectivity index (χ2v) is 7.24. The number of rotatable bonds is 4. The number of aliphatic hydroxyl groups excluding tert-OH is 1. The number of hydrogen-bond acceptors (Lipinski definition) is 4. The minimum absolute atomic E-state index is 0. The molecule has 2 bridgehead atoms. The van der Waals surface area contributed by atoms with Crippen LogP contribution in [0.4, 0.5) is 0 Å². The van der Waals surface area contributed by atoms with Gasteiger partial charge in [-0.1, -0.05) is 13.3 Å². The van der Waals surface area contributed by atoms with Crippen LogP contribution >= 0.6 is 0 Å². The monoisotopic (exact) mass is 518 g/mol. The molecule has 136 valence electrons. The molecule has 3 aliphatic rings. The van der Waals surface area contributed by atoms with Crippen LogP contribution in [0.2, 0.25) is 0 Å². The first-order chi connectivity index (χ1) is 11.7. The molecule has 4 heterocycles. The van der Waals surface area contributed by atoms with Crippen LogP contribution in [0, 0.1) is 11.8 Å². The molecule has 1 N–H and O–H groups in total. The van der Waals surface area contributed by atoms with Gasteiger partial charge in [0.25, 0.3) is 0 Å². The summed E-state index contributed by atoms with van der Waals surface area (Å²) >= 11 is 0. The summed E-state index contributed by atoms with van der Waals surface area (Å²) in [6.45, 7) is 4.55. The van der Waals surface area contributed by atoms with E-state index in [0.717, 1.165) is 53.6 Å². The average molecular weight is 517 g/mol. The van der Waals surface area contributed by atoms with E-state index < -0.39 is 6.10 Å². The van der Waals surface area contributed by atoms with Crippen LogP contribution < -0.4 is 4.74 Å². The molecule has 0 unspecified atom stereocenters. The Kier molecular flexibility index (Phi) is 5.78. The number of aromatic nitrogens is 1. The fourth-order valence-electron chi connectivity index (χ4n) is 4.71. The fourth-order valence-corrected chi connectivity index (χ4v) is 4.71. The van der Waals surface area contributed by atoms with Gasteiger partial charge >= 0.3 is 0 Å². The number of nitrogens with zero attached hydrogens (tertiary/aromatic N) is 2. The number of pyridine rings is 1. The van der Waals surface area contributed by atoms with Gasteiger partial charge in [0.2, 0.25) is 0 Å². The molecule has 4 nitrogen and oxygen atoms in total. The maximum Gasteiger partial charge on any atom is 0.119 e. The fraction of sp³-hybridized carbons (Fsp3) is 0.550. The largest absolute Gasteiger partial charge is 0.497 e. The zero-order valence-electron chi connectivity index (χ0n) is 14.8. The third-order valence-electron chi connectivity index (χ3n) is 6.13. The summed E-state index contributed by atoms with van der Waals surface area (Å²) in [5.74, 6) is 2.37. The molecule has 3 fully saturated rings. The van der Waals surface area contributed by atoms with Gasteiger partial charge in [0.05, 0.1) is 18.7 Å². The number of piperidine rings is 3. The SMILES string of the molecule is CC[C@H]1C[N@]2CC[C@H]1C[C@H]2[C@H](O)c1ccnc2ccc(OC)cc12.[Os]. The Morgan fingerprint density at radius 2 is 2.20 bits per heavy atom. The van der Waals surface area contributed by atoms with Crippen molar-refractivity contribution in [2.45, 2.75) is 38.3 Å². The molecule has 0 saturated carbocycles. The quantitative estimate of drug-likeness (QED) is 0.677. The zero-order chi connectivity index (χ0) is 16.7. The van der Waals surface area contributed by atoms with Crippen LogP contribution in [0.3, 0.4) is 0 Å². The molecule has 2 aromatic rings. The third kappa shape index (κ3) is 3.35. The number of benzene rings is 1. The maximum absolute atomic E-state index is 11.2. The Labute approximate surface area is 162 Å². The zero-order valence-corrected chi connectivity index (χ0v) is 17.4. The van der Waals surface area contributed by atoms with Crippen LogP contribution in [0.1, 0.15) is 37.9 Å². The predicted molar refractivity (Wildman–Crippen MR) is 95.1 cm³/mol. The molecular weight excluding hydrogens is 490 g/mol. The standard InChI is InChI=1S/C20H26N2O2.Os/c1-3-13-12-22-9-7-14(13)10-19(22)20(23)16-6-8-21-18-5-4-15(24-2)11-17(16)18;/h4-6,8,11,13-14,19-20,23H,3,7,9-10,12H2,1-2H3;/t13-,14-,19-,20+;/m0./s1. The smallest absolute Gasteiger partial charge is 0.119 e. The van der Waals surface area contributed by atoms with E-state index in [1.807, 2.05) is 24.3 Å². The van der Waals surface area contributed by atoms with Crippen LogP contribution in [0.5, 0.6) is 5.75 Å². The summed E-state index contributed by atoms with van der Waals surface area (Å²) in [5, 5.41) is 12.2. The first-order valence-electron chi connectivity index (χ1n) is 9.06. The Morgan fingerprint density at radius 1 is 1.36 bits per heavy atom. The number of hydrogen-bond donors (Lipinski definition) is 1. The van der Waals surface area contributed by atoms with E-state index >= 15 is 0 Å². The van der Waals surface area contributed by atoms with Gasteiger partial charge in [0, 0.05) is 44.0 Å². The van der Waals surface area contributed by atoms with E-state index in [1.54, 1.807) is 13.3 Å². The summed E-state index contributed by atoms with van der Waals surface area (Å²) < 4.78 is 5.36. The average Bonchev–Trinajstić information content (AvgIpc) is 2.66. The van der Waals surface area contributed by atoms with Crippen LogP contribution in [0.25, 0.3) is 10.9 Å². The van der Waals surface area contributed by atoms with Gasteiger partial charge in [-0.05, 0) is 61.1 Å². The van der Waals surface area contributed by atoms with Gasteiger partial charge in [-0.3, -0.25) is 9.88 Å². The molecule has 5 rings (SSSR count). The molecule has 1 aromatic carbocycles. The van der Waals surface area contributed by atoms with Gasteiger partial charge in [-0.25, -0.2) is 0 Å². The molecular formula is C20H26N2O2Os. The summed E-state index contributed by atoms with van der Waals surface area (Å²) in [6.07, 6.45) is 4.97. The Balaban J connectivity index is 0.00000182. The summed E-state index contributed by atoms with van der Waals surface area (Å²) in [4.78, 5) is 6.94. The molecule has 1 aromatic heterocycles. The first kappa shape index (κ1) is 18.8. The first-order valence-corrected chi connectivity index (χ1v) is 9.06. The predicted octanol–water partition coefficient (Wildman–Crippen LogP) is 3.39. The number of ether oxygens (including phenoxy) is 1. The topological polar surface area (TPSA) is 45.6 Å². The Hall–Kier alpha value is -1.01. The van der Waals surface area contributed by atoms with Gasteiger partial charge in [-0.2, -0.15) is 0 Å². The van der Waals surface area contributed by atoms with Crippen LogP contribution in [-0.4, -0.2) is 41.2 Å². The number of aliphatic hydroxyl groups is 1. The molecule has 0 spiro atoms. The van der Waals surface area contributed by atoms with E-state index in [-0.39, 0.29) is 25.8 Å². The summed E-state index contributed by atoms with van der Waals surface area (Å²) in [5.41, 5.74) is 1.89. The minimum atomic E-state index is -0.469. The number of fused-ring (bicyclic) bond motifs is 4. The van der Waals surface area contributed by atoms with Crippen molar-refractivity contribution in [3.63, 3.8) is 0 Å². The van der Waals surface area contributed by atoms with Crippen molar-refractivity contribution in [2.75, 3.05) is 20.2 Å². The normalized spacial score (nSPS) is 29.2. The van der Waals surface area contributed by atoms with Gasteiger partial charge < -0.3 is 9.84 Å². The summed E-state index contributed by atoms with van der Waals surface area (Å²) in [7, 11) is 1.67. The van der Waals surface area contributed by atoms with Crippen LogP contribution in [-0.2, 0) is 19.8 Å². The van der Waals surface area contributed by atoms with E-state index in [1.165, 1.54) is 12.8 Å². The minimum Gasteiger partial charge on any atom is -0.497 e. The van der Waals surface area contributed by atoms with E-state index in [2.05, 4.69) is 16.8 Å². The third-order valence-corrected chi connectivity index (χ3v) is 6.13. The van der Waals surface area contributed by atoms with Crippen LogP contribution in [0.15, 0.2) is 30.5 Å². The van der Waals surface area contributed by atoms with Crippen molar-refractivity contribution in [1.29, 1.82) is 0 Å². The molecule has 0 radical (unpaired) electrons. The van der Waals surface area contributed by atoms with Crippen molar-refractivity contribution < 1.29 is 29.6 Å². The molecule has 25 heavy (non-hydrogen) atoms. The second kappa shape index (κ2) is 7.70. The van der Waals surface area contributed by atoms with E-state index in [0.29, 0.717) is 0 Å². The van der Waals surface area contributed by atoms with Crippen molar-refractivity contribution in [3.05, 3.63) is 36.0 Å². The van der Waals surface area contributed by atoms with Crippen molar-refractivity contribution in [2.24, 2.45) is 11.8 Å². The van der Waals surface area contributed by atoms with Crippen molar-refractivity contribution in [1.82, 2.24) is 9.88 Å². The van der Waals surface area contributed by atoms with E-state index in [4.69, 9.17) is 4.74 Å². The molecule has 5 atom stereocenters. The van der Waals surface area contributed by atoms with Gasteiger partial charge in [0.1, 0.15) is 5.75 Å². The maximum atomic E-state index is 11.2. The van der Waals surface area contributed by atoms with Crippen molar-refractivity contribution in [3.8, 4) is 5.75 Å².